The van der Waals surface area contributed by atoms with E-state index in [-0.39, 0.29) is 24.9 Å². The van der Waals surface area contributed by atoms with Gasteiger partial charge >= 0.3 is 5.97 Å². The van der Waals surface area contributed by atoms with E-state index in [9.17, 15) is 14.4 Å². The molecule has 0 aromatic heterocycles. The minimum absolute atomic E-state index is 0.0700. The van der Waals surface area contributed by atoms with Crippen molar-refractivity contribution in [2.75, 3.05) is 26.2 Å². The molecule has 1 rings (SSSR count). The molecular weight excluding hydrogens is 238 g/mol. The third kappa shape index (κ3) is 4.38. The Morgan fingerprint density at radius 3 is 2.61 bits per heavy atom. The second-order valence-electron chi connectivity index (χ2n) is 3.66. The van der Waals surface area contributed by atoms with Gasteiger partial charge in [0.05, 0.1) is 13.1 Å². The fourth-order valence-corrected chi connectivity index (χ4v) is 1.40. The quantitative estimate of drug-likeness (QED) is 0.523. The maximum Gasteiger partial charge on any atom is 0.317 e. The minimum Gasteiger partial charge on any atom is -0.480 e. The van der Waals surface area contributed by atoms with Gasteiger partial charge in [0.15, 0.2) is 0 Å². The van der Waals surface area contributed by atoms with Crippen LogP contribution in [0.1, 0.15) is 0 Å². The van der Waals surface area contributed by atoms with Crippen LogP contribution in [0.25, 0.3) is 0 Å². The van der Waals surface area contributed by atoms with Gasteiger partial charge in [-0.15, -0.1) is 0 Å². The van der Waals surface area contributed by atoms with E-state index >= 15 is 0 Å². The van der Waals surface area contributed by atoms with Crippen LogP contribution in [-0.4, -0.2) is 54.0 Å². The van der Waals surface area contributed by atoms with Gasteiger partial charge in [-0.1, -0.05) is 6.58 Å². The third-order valence-electron chi connectivity index (χ3n) is 2.25. The topological polar surface area (TPSA) is 98.7 Å². The molecule has 7 heteroatoms. The first-order valence-electron chi connectivity index (χ1n) is 5.38. The Hall–Kier alpha value is -2.15. The van der Waals surface area contributed by atoms with Crippen LogP contribution >= 0.6 is 0 Å². The molecule has 0 unspecified atom stereocenters. The summed E-state index contributed by atoms with van der Waals surface area (Å²) in [5, 5.41) is 13.4. The largest absolute Gasteiger partial charge is 0.480 e. The lowest BCUT2D eigenvalue weighted by atomic mass is 10.4. The molecule has 2 amide bonds. The number of carboxylic acid groups (broad SMARTS) is 1. The van der Waals surface area contributed by atoms with Crippen LogP contribution in [0, 0.1) is 0 Å². The van der Waals surface area contributed by atoms with E-state index in [1.165, 1.54) is 11.0 Å². The predicted molar refractivity (Wildman–Crippen MR) is 63.5 cm³/mol. The summed E-state index contributed by atoms with van der Waals surface area (Å²) in [6.45, 7) is 3.98. The Kier molecular flexibility index (Phi) is 5.06. The smallest absolute Gasteiger partial charge is 0.317 e. The number of carboxylic acids is 1. The molecule has 0 aromatic carbocycles. The van der Waals surface area contributed by atoms with Crippen LogP contribution in [0.5, 0.6) is 0 Å². The predicted octanol–water partition coefficient (Wildman–Crippen LogP) is -1.31. The molecule has 1 aliphatic rings. The minimum atomic E-state index is -1.02. The standard InChI is InChI=1S/C11H15N3O4/c1-8-2-3-10(16)14(8)5-4-13-9(15)6-12-7-11(17)18/h2-3,12H,1,4-7H2,(H,13,15)(H,17,18). The van der Waals surface area contributed by atoms with Crippen molar-refractivity contribution in [2.45, 2.75) is 0 Å². The fraction of sp³-hybridized carbons (Fsp3) is 0.364. The Labute approximate surface area is 104 Å². The zero-order chi connectivity index (χ0) is 13.5. The highest BCUT2D eigenvalue weighted by Crippen LogP contribution is 2.11. The second kappa shape index (κ2) is 6.55. The van der Waals surface area contributed by atoms with Crippen molar-refractivity contribution in [1.82, 2.24) is 15.5 Å². The SMILES string of the molecule is C=C1C=CC(=O)N1CCNC(=O)CNCC(=O)O. The molecule has 1 aliphatic heterocycles. The van der Waals surface area contributed by atoms with Gasteiger partial charge in [0, 0.05) is 24.9 Å². The number of carbonyl (C=O) groups is 3. The monoisotopic (exact) mass is 253 g/mol. The summed E-state index contributed by atoms with van der Waals surface area (Å²) in [4.78, 5) is 34.2. The zero-order valence-corrected chi connectivity index (χ0v) is 9.81. The maximum absolute atomic E-state index is 11.3. The molecule has 18 heavy (non-hydrogen) atoms. The molecule has 0 saturated carbocycles. The van der Waals surface area contributed by atoms with Crippen LogP contribution in [-0.2, 0) is 14.4 Å². The van der Waals surface area contributed by atoms with Gasteiger partial charge in [-0.05, 0) is 6.08 Å². The first kappa shape index (κ1) is 13.9. The van der Waals surface area contributed by atoms with Crippen molar-refractivity contribution >= 4 is 17.8 Å². The summed E-state index contributed by atoms with van der Waals surface area (Å²) >= 11 is 0. The first-order chi connectivity index (χ1) is 8.50. The van der Waals surface area contributed by atoms with E-state index in [4.69, 9.17) is 5.11 Å². The molecule has 0 saturated heterocycles. The first-order valence-corrected chi connectivity index (χ1v) is 5.38. The molecule has 98 valence electrons. The molecule has 3 N–H and O–H groups in total. The summed E-state index contributed by atoms with van der Waals surface area (Å²) < 4.78 is 0. The van der Waals surface area contributed by atoms with Crippen LogP contribution in [0.2, 0.25) is 0 Å². The lowest BCUT2D eigenvalue weighted by Crippen LogP contribution is -2.40. The summed E-state index contributed by atoms with van der Waals surface area (Å²) in [6.07, 6.45) is 3.02. The summed E-state index contributed by atoms with van der Waals surface area (Å²) in [5.41, 5.74) is 0.596. The Balaban J connectivity index is 2.14. The van der Waals surface area contributed by atoms with Gasteiger partial charge in [0.1, 0.15) is 0 Å². The number of allylic oxidation sites excluding steroid dienone is 1. The van der Waals surface area contributed by atoms with Crippen molar-refractivity contribution in [1.29, 1.82) is 0 Å². The van der Waals surface area contributed by atoms with E-state index in [1.54, 1.807) is 6.08 Å². The second-order valence-corrected chi connectivity index (χ2v) is 3.66. The van der Waals surface area contributed by atoms with Crippen molar-refractivity contribution < 1.29 is 19.5 Å². The molecule has 1 heterocycles. The van der Waals surface area contributed by atoms with Gasteiger partial charge < -0.3 is 15.3 Å². The highest BCUT2D eigenvalue weighted by Gasteiger charge is 2.17. The number of carbonyl (C=O) groups excluding carboxylic acids is 2. The molecule has 0 aliphatic carbocycles. The summed E-state index contributed by atoms with van der Waals surface area (Å²) in [6, 6.07) is 0. The Morgan fingerprint density at radius 1 is 1.33 bits per heavy atom. The van der Waals surface area contributed by atoms with E-state index < -0.39 is 5.97 Å². The summed E-state index contributed by atoms with van der Waals surface area (Å²) in [5.74, 6) is -1.49. The molecule has 0 atom stereocenters. The fourth-order valence-electron chi connectivity index (χ4n) is 1.40. The molecular formula is C11H15N3O4. The Morgan fingerprint density at radius 2 is 2.06 bits per heavy atom. The molecule has 7 nitrogen and oxygen atoms in total. The summed E-state index contributed by atoms with van der Waals surface area (Å²) in [7, 11) is 0. The van der Waals surface area contributed by atoms with Gasteiger partial charge in [-0.3, -0.25) is 19.7 Å². The lowest BCUT2D eigenvalue weighted by Gasteiger charge is -2.17. The van der Waals surface area contributed by atoms with E-state index in [0.29, 0.717) is 18.8 Å². The van der Waals surface area contributed by atoms with Crippen molar-refractivity contribution in [2.24, 2.45) is 0 Å². The van der Waals surface area contributed by atoms with Crippen molar-refractivity contribution in [3.63, 3.8) is 0 Å². The molecule has 0 aromatic rings. The van der Waals surface area contributed by atoms with Crippen LogP contribution in [0.4, 0.5) is 0 Å². The average Bonchev–Trinajstić information content (AvgIpc) is 2.60. The molecule has 0 spiro atoms. The van der Waals surface area contributed by atoms with Crippen LogP contribution in [0.15, 0.2) is 24.4 Å². The highest BCUT2D eigenvalue weighted by atomic mass is 16.4. The van der Waals surface area contributed by atoms with Gasteiger partial charge in [-0.2, -0.15) is 0 Å². The van der Waals surface area contributed by atoms with Crippen LogP contribution < -0.4 is 10.6 Å². The Bertz CT molecular complexity index is 385. The molecule has 0 radical (unpaired) electrons. The number of hydrogen-bond donors (Lipinski definition) is 3. The number of aliphatic carboxylic acids is 1. The number of hydrogen-bond acceptors (Lipinski definition) is 4. The van der Waals surface area contributed by atoms with Crippen molar-refractivity contribution in [3.8, 4) is 0 Å². The van der Waals surface area contributed by atoms with E-state index in [0.717, 1.165) is 0 Å². The maximum atomic E-state index is 11.3. The van der Waals surface area contributed by atoms with E-state index in [1.807, 2.05) is 0 Å². The molecule has 0 bridgehead atoms. The number of amides is 2. The number of nitrogens with zero attached hydrogens (tertiary/aromatic N) is 1. The van der Waals surface area contributed by atoms with Gasteiger partial charge in [0.2, 0.25) is 5.91 Å². The normalized spacial score (nSPS) is 14.1. The van der Waals surface area contributed by atoms with Gasteiger partial charge in [0.25, 0.3) is 5.91 Å². The van der Waals surface area contributed by atoms with Crippen molar-refractivity contribution in [3.05, 3.63) is 24.4 Å². The zero-order valence-electron chi connectivity index (χ0n) is 9.81. The number of rotatable bonds is 7. The molecule has 0 fully saturated rings. The van der Waals surface area contributed by atoms with Crippen LogP contribution in [0.3, 0.4) is 0 Å². The van der Waals surface area contributed by atoms with E-state index in [2.05, 4.69) is 17.2 Å². The van der Waals surface area contributed by atoms with Gasteiger partial charge in [-0.25, -0.2) is 0 Å². The third-order valence-corrected chi connectivity index (χ3v) is 2.25. The average molecular weight is 253 g/mol. The lowest BCUT2D eigenvalue weighted by molar-refractivity contribution is -0.136. The highest BCUT2D eigenvalue weighted by molar-refractivity contribution is 5.93. The number of nitrogens with one attached hydrogen (secondary N) is 2.